The maximum Gasteiger partial charge on any atom is 0.238 e. The summed E-state index contributed by atoms with van der Waals surface area (Å²) in [6.07, 6.45) is 0. The van der Waals surface area contributed by atoms with Crippen molar-refractivity contribution in [3.05, 3.63) is 71.8 Å². The number of aliphatic imine (C=N–C) groups is 2. The molecular formula is C17H16N2O. The molecule has 1 atom stereocenters. The third-order valence-electron chi connectivity index (χ3n) is 3.41. The topological polar surface area (TPSA) is 34.0 Å². The van der Waals surface area contributed by atoms with E-state index in [4.69, 9.17) is 9.73 Å². The van der Waals surface area contributed by atoms with Gasteiger partial charge in [-0.05, 0) is 6.92 Å². The van der Waals surface area contributed by atoms with Crippen molar-refractivity contribution in [2.75, 3.05) is 7.11 Å². The second-order valence-electron chi connectivity index (χ2n) is 4.83. The summed E-state index contributed by atoms with van der Waals surface area (Å²) >= 11 is 0. The molecule has 2 aromatic rings. The van der Waals surface area contributed by atoms with Crippen LogP contribution < -0.4 is 0 Å². The molecule has 0 aliphatic carbocycles. The number of methoxy groups -OCH3 is 1. The molecule has 0 radical (unpaired) electrons. The van der Waals surface area contributed by atoms with E-state index >= 15 is 0 Å². The summed E-state index contributed by atoms with van der Waals surface area (Å²) in [6, 6.07) is 20.1. The molecule has 0 fully saturated rings. The average molecular weight is 264 g/mol. The Kier molecular flexibility index (Phi) is 3.11. The molecule has 2 aromatic carbocycles. The molecule has 3 rings (SSSR count). The molecule has 20 heavy (non-hydrogen) atoms. The van der Waals surface area contributed by atoms with Crippen molar-refractivity contribution >= 4 is 11.6 Å². The van der Waals surface area contributed by atoms with E-state index in [9.17, 15) is 0 Å². The molecule has 0 bridgehead atoms. The first-order valence-corrected chi connectivity index (χ1v) is 6.58. The number of ether oxygens (including phenoxy) is 1. The Morgan fingerprint density at radius 1 is 0.850 bits per heavy atom. The highest BCUT2D eigenvalue weighted by Crippen LogP contribution is 2.32. The SMILES string of the molecule is COC1=NC(C)(c2ccccc2)N=C1c1ccccc1. The van der Waals surface area contributed by atoms with Gasteiger partial charge < -0.3 is 4.74 Å². The number of rotatable bonds is 2. The molecule has 0 aromatic heterocycles. The molecule has 0 saturated heterocycles. The van der Waals surface area contributed by atoms with E-state index in [2.05, 4.69) is 4.99 Å². The van der Waals surface area contributed by atoms with E-state index in [1.807, 2.05) is 67.6 Å². The van der Waals surface area contributed by atoms with Gasteiger partial charge in [0.2, 0.25) is 5.90 Å². The molecule has 100 valence electrons. The predicted molar refractivity (Wildman–Crippen MR) is 81.2 cm³/mol. The van der Waals surface area contributed by atoms with Crippen molar-refractivity contribution in [2.45, 2.75) is 12.6 Å². The lowest BCUT2D eigenvalue weighted by molar-refractivity contribution is 0.402. The Bertz CT molecular complexity index is 662. The van der Waals surface area contributed by atoms with Crippen LogP contribution in [0.4, 0.5) is 0 Å². The fourth-order valence-electron chi connectivity index (χ4n) is 2.35. The van der Waals surface area contributed by atoms with Crippen LogP contribution in [0, 0.1) is 0 Å². The molecule has 0 N–H and O–H groups in total. The van der Waals surface area contributed by atoms with Crippen LogP contribution >= 0.6 is 0 Å². The van der Waals surface area contributed by atoms with Crippen molar-refractivity contribution < 1.29 is 4.74 Å². The Hall–Kier alpha value is -2.42. The molecule has 3 heteroatoms. The van der Waals surface area contributed by atoms with E-state index in [0.29, 0.717) is 5.90 Å². The summed E-state index contributed by atoms with van der Waals surface area (Å²) in [5, 5.41) is 0. The summed E-state index contributed by atoms with van der Waals surface area (Å²) in [5.74, 6) is 0.586. The van der Waals surface area contributed by atoms with Gasteiger partial charge in [-0.2, -0.15) is 0 Å². The fraction of sp³-hybridized carbons (Fsp3) is 0.176. The van der Waals surface area contributed by atoms with Crippen LogP contribution in [0.1, 0.15) is 18.1 Å². The molecule has 0 spiro atoms. The Labute approximate surface area is 118 Å². The van der Waals surface area contributed by atoms with Crippen LogP contribution in [0.2, 0.25) is 0 Å². The first-order valence-electron chi connectivity index (χ1n) is 6.58. The van der Waals surface area contributed by atoms with Gasteiger partial charge in [-0.25, -0.2) is 9.98 Å². The molecule has 1 aliphatic rings. The quantitative estimate of drug-likeness (QED) is 0.818. The van der Waals surface area contributed by atoms with Crippen molar-refractivity contribution in [3.63, 3.8) is 0 Å². The first kappa shape index (κ1) is 12.6. The van der Waals surface area contributed by atoms with Gasteiger partial charge in [0.25, 0.3) is 0 Å². The number of benzene rings is 2. The van der Waals surface area contributed by atoms with Crippen molar-refractivity contribution in [1.29, 1.82) is 0 Å². The minimum atomic E-state index is -0.613. The highest BCUT2D eigenvalue weighted by molar-refractivity contribution is 6.46. The standard InChI is InChI=1S/C17H16N2O/c1-17(14-11-7-4-8-12-14)18-15(16(19-17)20-2)13-9-5-3-6-10-13/h3-12H,1-2H3. The first-order chi connectivity index (χ1) is 9.73. The zero-order chi connectivity index (χ0) is 14.0. The third kappa shape index (κ3) is 2.11. The summed E-state index contributed by atoms with van der Waals surface area (Å²) in [7, 11) is 1.63. The lowest BCUT2D eigenvalue weighted by atomic mass is 10.0. The third-order valence-corrected chi connectivity index (χ3v) is 3.41. The van der Waals surface area contributed by atoms with Gasteiger partial charge in [-0.1, -0.05) is 60.7 Å². The van der Waals surface area contributed by atoms with Gasteiger partial charge in [0, 0.05) is 11.1 Å². The van der Waals surface area contributed by atoms with E-state index in [1.165, 1.54) is 0 Å². The maximum atomic E-state index is 5.41. The van der Waals surface area contributed by atoms with Gasteiger partial charge in [0.15, 0.2) is 5.66 Å². The highest BCUT2D eigenvalue weighted by Gasteiger charge is 2.34. The van der Waals surface area contributed by atoms with Gasteiger partial charge in [-0.15, -0.1) is 0 Å². The lowest BCUT2D eigenvalue weighted by Gasteiger charge is -2.17. The van der Waals surface area contributed by atoms with Gasteiger partial charge >= 0.3 is 0 Å². The number of hydrogen-bond donors (Lipinski definition) is 0. The normalized spacial score (nSPS) is 21.3. The number of nitrogens with zero attached hydrogens (tertiary/aromatic N) is 2. The van der Waals surface area contributed by atoms with Crippen LogP contribution in [-0.4, -0.2) is 18.7 Å². The zero-order valence-corrected chi connectivity index (χ0v) is 11.6. The fourth-order valence-corrected chi connectivity index (χ4v) is 2.35. The van der Waals surface area contributed by atoms with Crippen LogP contribution in [0.25, 0.3) is 0 Å². The Morgan fingerprint density at radius 3 is 2.05 bits per heavy atom. The van der Waals surface area contributed by atoms with Crippen molar-refractivity contribution in [2.24, 2.45) is 9.98 Å². The lowest BCUT2D eigenvalue weighted by Crippen LogP contribution is -2.13. The zero-order valence-electron chi connectivity index (χ0n) is 11.6. The average Bonchev–Trinajstić information content (AvgIpc) is 2.88. The van der Waals surface area contributed by atoms with E-state index in [-0.39, 0.29) is 0 Å². The van der Waals surface area contributed by atoms with Crippen LogP contribution in [0.5, 0.6) is 0 Å². The van der Waals surface area contributed by atoms with Crippen LogP contribution in [0.15, 0.2) is 70.6 Å². The summed E-state index contributed by atoms with van der Waals surface area (Å²) < 4.78 is 5.41. The van der Waals surface area contributed by atoms with Gasteiger partial charge in [-0.3, -0.25) is 0 Å². The molecule has 1 unspecified atom stereocenters. The van der Waals surface area contributed by atoms with Gasteiger partial charge in [0.05, 0.1) is 7.11 Å². The second-order valence-corrected chi connectivity index (χ2v) is 4.83. The summed E-state index contributed by atoms with van der Waals surface area (Å²) in [6.45, 7) is 2.00. The second kappa shape index (κ2) is 4.93. The highest BCUT2D eigenvalue weighted by atomic mass is 16.5. The molecular weight excluding hydrogens is 248 g/mol. The molecule has 0 saturated carbocycles. The van der Waals surface area contributed by atoms with Crippen LogP contribution in [0.3, 0.4) is 0 Å². The van der Waals surface area contributed by atoms with Crippen molar-refractivity contribution in [1.82, 2.24) is 0 Å². The maximum absolute atomic E-state index is 5.41. The molecule has 1 aliphatic heterocycles. The monoisotopic (exact) mass is 264 g/mol. The van der Waals surface area contributed by atoms with E-state index in [1.54, 1.807) is 7.11 Å². The van der Waals surface area contributed by atoms with Gasteiger partial charge in [0.1, 0.15) is 5.71 Å². The van der Waals surface area contributed by atoms with E-state index in [0.717, 1.165) is 16.8 Å². The van der Waals surface area contributed by atoms with Crippen LogP contribution in [-0.2, 0) is 10.4 Å². The Morgan fingerprint density at radius 2 is 1.45 bits per heavy atom. The van der Waals surface area contributed by atoms with Crippen molar-refractivity contribution in [3.8, 4) is 0 Å². The van der Waals surface area contributed by atoms with E-state index < -0.39 is 5.66 Å². The molecule has 0 amide bonds. The minimum Gasteiger partial charge on any atom is -0.480 e. The smallest absolute Gasteiger partial charge is 0.238 e. The Balaban J connectivity index is 2.09. The largest absolute Gasteiger partial charge is 0.480 e. The molecule has 1 heterocycles. The number of hydrogen-bond acceptors (Lipinski definition) is 3. The minimum absolute atomic E-state index is 0.586. The summed E-state index contributed by atoms with van der Waals surface area (Å²) in [4.78, 5) is 9.46. The predicted octanol–water partition coefficient (Wildman–Crippen LogP) is 3.41. The molecule has 3 nitrogen and oxygen atoms in total. The summed E-state index contributed by atoms with van der Waals surface area (Å²) in [5.41, 5.74) is 2.27.